The summed E-state index contributed by atoms with van der Waals surface area (Å²) in [6.45, 7) is 0. The molecule has 0 unspecified atom stereocenters. The fourth-order valence-corrected chi connectivity index (χ4v) is 9.53. The summed E-state index contributed by atoms with van der Waals surface area (Å²) in [5.74, 6) is 0. The zero-order valence-electron chi connectivity index (χ0n) is 2.53. The van der Waals surface area contributed by atoms with Gasteiger partial charge in [-0.05, 0) is 0 Å². The summed E-state index contributed by atoms with van der Waals surface area (Å²) in [5, 5.41) is 0. The van der Waals surface area contributed by atoms with Crippen LogP contribution in [0, 0.1) is 0 Å². The van der Waals surface area contributed by atoms with Crippen LogP contribution in [0.3, 0.4) is 0 Å². The first-order valence-corrected chi connectivity index (χ1v) is 7.82. The van der Waals surface area contributed by atoms with Gasteiger partial charge in [0.05, 0.1) is 0 Å². The molecule has 3 aliphatic rings. The van der Waals surface area contributed by atoms with Crippen LogP contribution in [-0.4, -0.2) is 23.1 Å². The number of hydrogen-bond donors (Lipinski definition) is 0. The van der Waals surface area contributed by atoms with E-state index in [4.69, 9.17) is 0 Å². The van der Waals surface area contributed by atoms with Gasteiger partial charge in [0, 0.05) is 0 Å². The third-order valence-electron chi connectivity index (χ3n) is 0.500. The van der Waals surface area contributed by atoms with E-state index in [1.807, 2.05) is 0 Å². The summed E-state index contributed by atoms with van der Waals surface area (Å²) in [6.07, 6.45) is 0. The molecule has 0 aromatic heterocycles. The van der Waals surface area contributed by atoms with Gasteiger partial charge in [-0.3, -0.25) is 0 Å². The van der Waals surface area contributed by atoms with Gasteiger partial charge in [-0.15, -0.1) is 0 Å². The van der Waals surface area contributed by atoms with E-state index in [9.17, 15) is 3.67 Å². The van der Waals surface area contributed by atoms with E-state index in [0.717, 1.165) is 0 Å². The Morgan fingerprint density at radius 2 is 1.67 bits per heavy atom. The molecule has 2 bridgehead atoms. The predicted octanol–water partition coefficient (Wildman–Crippen LogP) is -0.707. The molecule has 0 spiro atoms. The van der Waals surface area contributed by atoms with E-state index in [1.54, 1.807) is 0 Å². The van der Waals surface area contributed by atoms with E-state index >= 15 is 0 Å². The number of hydrogen-bond acceptors (Lipinski definition) is 4. The molecule has 6 heteroatoms. The van der Waals surface area contributed by atoms with Crippen LogP contribution >= 0.6 is 0 Å². The van der Waals surface area contributed by atoms with Crippen molar-refractivity contribution >= 4 is 23.1 Å². The average molecular weight is 324 g/mol. The van der Waals surface area contributed by atoms with Crippen molar-refractivity contribution in [1.82, 2.24) is 0 Å². The van der Waals surface area contributed by atoms with Gasteiger partial charge in [0.1, 0.15) is 0 Å². The molecular formula is BiO4V. The monoisotopic (exact) mass is 324 g/mol. The molecule has 0 aliphatic carbocycles. The fourth-order valence-electron chi connectivity index (χ4n) is 0.263. The van der Waals surface area contributed by atoms with E-state index in [0.29, 0.717) is 0 Å². The van der Waals surface area contributed by atoms with Crippen molar-refractivity contribution in [2.45, 2.75) is 0 Å². The summed E-state index contributed by atoms with van der Waals surface area (Å²) >= 11 is -5.37. The molecular weight excluding hydrogens is 324 g/mol. The first kappa shape index (κ1) is 4.07. The van der Waals surface area contributed by atoms with Crippen LogP contribution in [-0.2, 0) is 23.9 Å². The zero-order chi connectivity index (χ0) is 4.20. The molecule has 3 aliphatic heterocycles. The Morgan fingerprint density at radius 1 is 1.33 bits per heavy atom. The summed E-state index contributed by atoms with van der Waals surface area (Å²) < 4.78 is 24.0. The molecule has 0 aromatic rings. The second-order valence-corrected chi connectivity index (χ2v) is 12.7. The fraction of sp³-hybridized carbons (Fsp3) is 0. The quantitative estimate of drug-likeness (QED) is 0.553. The van der Waals surface area contributed by atoms with Gasteiger partial charge in [0.25, 0.3) is 0 Å². The van der Waals surface area contributed by atoms with Crippen LogP contribution in [0.1, 0.15) is 0 Å². The molecule has 0 amide bonds. The Balaban J connectivity index is 2.39. The van der Waals surface area contributed by atoms with Gasteiger partial charge in [-0.2, -0.15) is 0 Å². The Bertz CT molecular complexity index is 106. The van der Waals surface area contributed by atoms with Gasteiger partial charge in [-0.1, -0.05) is 0 Å². The molecule has 3 heterocycles. The van der Waals surface area contributed by atoms with Crippen LogP contribution in [0.5, 0.6) is 0 Å². The topological polar surface area (TPSA) is 44.8 Å². The van der Waals surface area contributed by atoms with Gasteiger partial charge in [0.2, 0.25) is 0 Å². The first-order chi connectivity index (χ1) is 2.79. The minimum absolute atomic E-state index is 2.13. The normalized spacial score (nSPS) is 37.3. The molecule has 0 radical (unpaired) electrons. The van der Waals surface area contributed by atoms with E-state index in [-0.39, 0.29) is 0 Å². The van der Waals surface area contributed by atoms with Gasteiger partial charge >= 0.3 is 47.0 Å². The third-order valence-corrected chi connectivity index (χ3v) is 18.1. The summed E-state index contributed by atoms with van der Waals surface area (Å²) in [7, 11) is 0. The van der Waals surface area contributed by atoms with Crippen molar-refractivity contribution in [3.8, 4) is 0 Å². The Labute approximate surface area is 46.9 Å². The van der Waals surface area contributed by atoms with Crippen molar-refractivity contribution in [2.24, 2.45) is 0 Å². The van der Waals surface area contributed by atoms with Crippen LogP contribution in [0.4, 0.5) is 0 Å². The van der Waals surface area contributed by atoms with Crippen LogP contribution < -0.4 is 0 Å². The summed E-state index contributed by atoms with van der Waals surface area (Å²) in [5.41, 5.74) is 0. The maximum absolute atomic E-state index is 10.2. The first-order valence-electron chi connectivity index (χ1n) is 1.28. The van der Waals surface area contributed by atoms with Crippen molar-refractivity contribution in [2.75, 3.05) is 0 Å². The number of rotatable bonds is 0. The summed E-state index contributed by atoms with van der Waals surface area (Å²) in [6, 6.07) is 0. The molecule has 0 saturated carbocycles. The standard InChI is InChI=1S/Bi.4O.V. The molecule has 34 valence electrons. The minimum atomic E-state index is -3.25. The van der Waals surface area contributed by atoms with Crippen LogP contribution in [0.2, 0.25) is 0 Å². The molecule has 3 fully saturated rings. The molecule has 0 atom stereocenters. The van der Waals surface area contributed by atoms with Gasteiger partial charge in [-0.25, -0.2) is 0 Å². The van der Waals surface area contributed by atoms with Crippen molar-refractivity contribution in [1.29, 1.82) is 0 Å². The second kappa shape index (κ2) is 0.942. The molecule has 4 nitrogen and oxygen atoms in total. The van der Waals surface area contributed by atoms with Crippen LogP contribution in [0.15, 0.2) is 0 Å². The van der Waals surface area contributed by atoms with Crippen molar-refractivity contribution < 1.29 is 23.9 Å². The second-order valence-electron chi connectivity index (χ2n) is 0.916. The van der Waals surface area contributed by atoms with Gasteiger partial charge in [0.15, 0.2) is 0 Å². The Morgan fingerprint density at radius 3 is 1.67 bits per heavy atom. The van der Waals surface area contributed by atoms with E-state index < -0.39 is 38.1 Å². The molecule has 0 N–H and O–H groups in total. The molecule has 6 heavy (non-hydrogen) atoms. The van der Waals surface area contributed by atoms with Crippen molar-refractivity contribution in [3.63, 3.8) is 0 Å². The Hall–Kier alpha value is 1.15. The zero-order valence-corrected chi connectivity index (χ0v) is 7.40. The third kappa shape index (κ3) is 0.340. The van der Waals surface area contributed by atoms with Crippen molar-refractivity contribution in [3.05, 3.63) is 0 Å². The van der Waals surface area contributed by atoms with Crippen LogP contribution in [0.25, 0.3) is 0 Å². The molecule has 3 rings (SSSR count). The molecule has 3 saturated heterocycles. The van der Waals surface area contributed by atoms with Gasteiger partial charge < -0.3 is 0 Å². The SMILES string of the molecule is [O]=[V]12[O][Bi]([O]1)[O]2. The Kier molecular flexibility index (Phi) is 0.639. The predicted molar refractivity (Wildman–Crippen MR) is 9.70 cm³/mol. The molecule has 0 aromatic carbocycles. The maximum atomic E-state index is 10.2. The van der Waals surface area contributed by atoms with E-state index in [2.05, 4.69) is 5.21 Å². The average Bonchev–Trinajstić information content (AvgIpc) is 1.24. The summed E-state index contributed by atoms with van der Waals surface area (Å²) in [4.78, 5) is 0. The van der Waals surface area contributed by atoms with E-state index in [1.165, 1.54) is 0 Å².